The molecule has 0 atom stereocenters. The van der Waals surface area contributed by atoms with Crippen molar-refractivity contribution in [3.8, 4) is 0 Å². The minimum Gasteiger partial charge on any atom is -0.355 e. The molecule has 0 bridgehead atoms. The summed E-state index contributed by atoms with van der Waals surface area (Å²) in [5.41, 5.74) is 4.81. The predicted molar refractivity (Wildman–Crippen MR) is 118 cm³/mol. The van der Waals surface area contributed by atoms with E-state index in [-0.39, 0.29) is 11.3 Å². The number of aromatic nitrogens is 2. The molecule has 3 aromatic rings. The molecule has 0 aliphatic rings. The molecule has 1 aromatic carbocycles. The monoisotopic (exact) mass is 388 g/mol. The zero-order chi connectivity index (χ0) is 20.9. The van der Waals surface area contributed by atoms with Gasteiger partial charge in [0.1, 0.15) is 5.69 Å². The summed E-state index contributed by atoms with van der Waals surface area (Å²) >= 11 is 0. The lowest BCUT2D eigenvalue weighted by Crippen LogP contribution is -2.29. The molecule has 0 unspecified atom stereocenters. The van der Waals surface area contributed by atoms with Crippen LogP contribution in [0.2, 0.25) is 0 Å². The van der Waals surface area contributed by atoms with Crippen LogP contribution >= 0.6 is 0 Å². The second-order valence-electron chi connectivity index (χ2n) is 8.21. The lowest BCUT2D eigenvalue weighted by atomic mass is 9.87. The average Bonchev–Trinajstić information content (AvgIpc) is 2.72. The Labute approximate surface area is 172 Å². The van der Waals surface area contributed by atoms with Gasteiger partial charge in [-0.1, -0.05) is 32.9 Å². The highest BCUT2D eigenvalue weighted by atomic mass is 16.2. The van der Waals surface area contributed by atoms with E-state index in [1.807, 2.05) is 18.2 Å². The van der Waals surface area contributed by atoms with Crippen LogP contribution in [0.3, 0.4) is 0 Å². The lowest BCUT2D eigenvalue weighted by Gasteiger charge is -2.19. The molecule has 150 valence electrons. The number of hydrogen-bond donors (Lipinski definition) is 1. The van der Waals surface area contributed by atoms with E-state index in [9.17, 15) is 4.79 Å². The highest BCUT2D eigenvalue weighted by Gasteiger charge is 2.15. The Hall–Kier alpha value is -3.21. The van der Waals surface area contributed by atoms with Gasteiger partial charge in [-0.2, -0.15) is 0 Å². The number of amides is 1. The maximum absolute atomic E-state index is 12.7. The van der Waals surface area contributed by atoms with Gasteiger partial charge >= 0.3 is 0 Å². The number of nitrogens with zero attached hydrogens (tertiary/aromatic N) is 3. The van der Waals surface area contributed by atoms with E-state index in [1.165, 1.54) is 5.56 Å². The van der Waals surface area contributed by atoms with Gasteiger partial charge in [0, 0.05) is 43.6 Å². The Bertz CT molecular complexity index is 947. The lowest BCUT2D eigenvalue weighted by molar-refractivity contribution is 0.0791. The van der Waals surface area contributed by atoms with Crippen molar-refractivity contribution in [1.82, 2.24) is 14.9 Å². The summed E-state index contributed by atoms with van der Waals surface area (Å²) in [5.74, 6) is -0.0919. The van der Waals surface area contributed by atoms with Crippen molar-refractivity contribution in [1.29, 1.82) is 0 Å². The van der Waals surface area contributed by atoms with Crippen LogP contribution in [-0.4, -0.2) is 34.4 Å². The fourth-order valence-electron chi connectivity index (χ4n) is 2.99. The number of carbonyl (C=O) groups is 1. The summed E-state index contributed by atoms with van der Waals surface area (Å²) in [7, 11) is 1.80. The van der Waals surface area contributed by atoms with Gasteiger partial charge in [0.15, 0.2) is 0 Å². The van der Waals surface area contributed by atoms with Crippen molar-refractivity contribution in [3.05, 3.63) is 83.9 Å². The second kappa shape index (κ2) is 8.86. The maximum atomic E-state index is 12.7. The predicted octanol–water partition coefficient (Wildman–Crippen LogP) is 4.83. The van der Waals surface area contributed by atoms with Gasteiger partial charge in [0.25, 0.3) is 5.91 Å². The zero-order valence-corrected chi connectivity index (χ0v) is 17.5. The number of benzene rings is 1. The number of likely N-dealkylation sites (N-methyl/N-ethyl adjacent to an activating group) is 1. The largest absolute Gasteiger partial charge is 0.355 e. The third kappa shape index (κ3) is 5.64. The maximum Gasteiger partial charge on any atom is 0.272 e. The molecule has 0 aliphatic heterocycles. The van der Waals surface area contributed by atoms with Crippen molar-refractivity contribution in [2.75, 3.05) is 18.9 Å². The molecular formula is C24H28N4O. The smallest absolute Gasteiger partial charge is 0.272 e. The van der Waals surface area contributed by atoms with Crippen LogP contribution in [0, 0.1) is 0 Å². The van der Waals surface area contributed by atoms with E-state index in [2.05, 4.69) is 60.3 Å². The fraction of sp³-hybridized carbons (Fsp3) is 0.292. The molecule has 5 heteroatoms. The molecule has 0 spiro atoms. The SMILES string of the molecule is CN(CCc1ccncc1)C(=O)c1cc(Nc2ccc(C(C)(C)C)cc2)ccn1. The first kappa shape index (κ1) is 20.5. The summed E-state index contributed by atoms with van der Waals surface area (Å²) in [6.45, 7) is 7.21. The van der Waals surface area contributed by atoms with Crippen molar-refractivity contribution in [2.24, 2.45) is 0 Å². The van der Waals surface area contributed by atoms with E-state index in [0.717, 1.165) is 23.4 Å². The summed E-state index contributed by atoms with van der Waals surface area (Å²) in [5, 5.41) is 3.36. The Kier molecular flexibility index (Phi) is 6.27. The van der Waals surface area contributed by atoms with Crippen LogP contribution in [0.25, 0.3) is 0 Å². The first-order chi connectivity index (χ1) is 13.8. The van der Waals surface area contributed by atoms with Crippen molar-refractivity contribution in [2.45, 2.75) is 32.6 Å². The highest BCUT2D eigenvalue weighted by molar-refractivity contribution is 5.93. The minimum absolute atomic E-state index is 0.0919. The van der Waals surface area contributed by atoms with Crippen LogP contribution in [0.5, 0.6) is 0 Å². The molecule has 0 radical (unpaired) electrons. The normalized spacial score (nSPS) is 11.2. The van der Waals surface area contributed by atoms with Crippen LogP contribution in [0.15, 0.2) is 67.1 Å². The summed E-state index contributed by atoms with van der Waals surface area (Å²) in [6.07, 6.45) is 5.97. The van der Waals surface area contributed by atoms with E-state index in [1.54, 1.807) is 36.6 Å². The topological polar surface area (TPSA) is 58.1 Å². The van der Waals surface area contributed by atoms with Crippen LogP contribution < -0.4 is 5.32 Å². The second-order valence-corrected chi connectivity index (χ2v) is 8.21. The Balaban J connectivity index is 1.64. The molecule has 1 N–H and O–H groups in total. The van der Waals surface area contributed by atoms with Gasteiger partial charge in [-0.05, 0) is 59.4 Å². The summed E-state index contributed by atoms with van der Waals surface area (Å²) in [4.78, 5) is 22.7. The first-order valence-corrected chi connectivity index (χ1v) is 9.81. The quantitative estimate of drug-likeness (QED) is 0.657. The molecule has 5 nitrogen and oxygen atoms in total. The third-order valence-electron chi connectivity index (χ3n) is 4.85. The Morgan fingerprint density at radius 1 is 0.966 bits per heavy atom. The third-order valence-corrected chi connectivity index (χ3v) is 4.85. The fourth-order valence-corrected chi connectivity index (χ4v) is 2.99. The van der Waals surface area contributed by atoms with Gasteiger partial charge in [0.2, 0.25) is 0 Å². The number of pyridine rings is 2. The van der Waals surface area contributed by atoms with E-state index < -0.39 is 0 Å². The number of nitrogens with one attached hydrogen (secondary N) is 1. The van der Waals surface area contributed by atoms with Crippen LogP contribution in [-0.2, 0) is 11.8 Å². The molecule has 0 fully saturated rings. The van der Waals surface area contributed by atoms with Gasteiger partial charge in [-0.15, -0.1) is 0 Å². The highest BCUT2D eigenvalue weighted by Crippen LogP contribution is 2.25. The van der Waals surface area contributed by atoms with Gasteiger partial charge < -0.3 is 10.2 Å². The van der Waals surface area contributed by atoms with E-state index in [4.69, 9.17) is 0 Å². The molecule has 2 heterocycles. The number of carbonyl (C=O) groups excluding carboxylic acids is 1. The van der Waals surface area contributed by atoms with Crippen molar-refractivity contribution >= 4 is 17.3 Å². The number of rotatable bonds is 6. The summed E-state index contributed by atoms with van der Waals surface area (Å²) < 4.78 is 0. The first-order valence-electron chi connectivity index (χ1n) is 9.81. The van der Waals surface area contributed by atoms with Gasteiger partial charge in [-0.3, -0.25) is 14.8 Å². The molecule has 1 amide bonds. The molecular weight excluding hydrogens is 360 g/mol. The molecule has 3 rings (SSSR count). The van der Waals surface area contributed by atoms with Crippen molar-refractivity contribution in [3.63, 3.8) is 0 Å². The van der Waals surface area contributed by atoms with E-state index in [0.29, 0.717) is 12.2 Å². The standard InChI is InChI=1S/C24H28N4O/c1-24(2,3)19-5-7-20(8-6-19)27-21-11-15-26-22(17-21)23(29)28(4)16-12-18-9-13-25-14-10-18/h5-11,13-15,17H,12,16H2,1-4H3,(H,26,27). The molecule has 29 heavy (non-hydrogen) atoms. The number of hydrogen-bond acceptors (Lipinski definition) is 4. The van der Waals surface area contributed by atoms with Gasteiger partial charge in [-0.25, -0.2) is 0 Å². The molecule has 0 saturated heterocycles. The average molecular weight is 389 g/mol. The van der Waals surface area contributed by atoms with Crippen LogP contribution in [0.1, 0.15) is 42.4 Å². The summed E-state index contributed by atoms with van der Waals surface area (Å²) in [6, 6.07) is 16.0. The van der Waals surface area contributed by atoms with E-state index >= 15 is 0 Å². The molecule has 0 aliphatic carbocycles. The Morgan fingerprint density at radius 3 is 2.31 bits per heavy atom. The Morgan fingerprint density at radius 2 is 1.66 bits per heavy atom. The van der Waals surface area contributed by atoms with Crippen molar-refractivity contribution < 1.29 is 4.79 Å². The molecule has 0 saturated carbocycles. The zero-order valence-electron chi connectivity index (χ0n) is 17.5. The van der Waals surface area contributed by atoms with Crippen LogP contribution in [0.4, 0.5) is 11.4 Å². The minimum atomic E-state index is -0.0919. The number of anilines is 2. The molecule has 2 aromatic heterocycles. The van der Waals surface area contributed by atoms with Gasteiger partial charge in [0.05, 0.1) is 0 Å².